The minimum atomic E-state index is -1.21. The summed E-state index contributed by atoms with van der Waals surface area (Å²) in [6.07, 6.45) is 5.03. The van der Waals surface area contributed by atoms with Crippen molar-refractivity contribution in [3.05, 3.63) is 39.7 Å². The van der Waals surface area contributed by atoms with Crippen molar-refractivity contribution in [2.45, 2.75) is 31.7 Å². The summed E-state index contributed by atoms with van der Waals surface area (Å²) in [4.78, 5) is 24.2. The number of ether oxygens (including phenoxy) is 4. The summed E-state index contributed by atoms with van der Waals surface area (Å²) in [5, 5.41) is 9.50. The van der Waals surface area contributed by atoms with Gasteiger partial charge in [0.2, 0.25) is 0 Å². The summed E-state index contributed by atoms with van der Waals surface area (Å²) in [6.45, 7) is 2.03. The van der Waals surface area contributed by atoms with Crippen molar-refractivity contribution in [3.8, 4) is 28.5 Å². The number of methoxy groups -OCH3 is 1. The third-order valence-corrected chi connectivity index (χ3v) is 6.16. The van der Waals surface area contributed by atoms with Crippen molar-refractivity contribution < 1.29 is 28.8 Å². The highest BCUT2D eigenvalue weighted by Gasteiger charge is 2.38. The number of nitrogens with zero attached hydrogens (tertiary/aromatic N) is 1. The van der Waals surface area contributed by atoms with Gasteiger partial charge in [-0.05, 0) is 18.8 Å². The Morgan fingerprint density at radius 1 is 1.26 bits per heavy atom. The lowest BCUT2D eigenvalue weighted by Crippen LogP contribution is -2.24. The maximum Gasteiger partial charge on any atom is 0.341 e. The fraction of sp³-hybridized carbons (Fsp3) is 0.478. The average molecular weight is 427 g/mol. The standard InChI is InChI=1S/C23H25NO7/c1-28-6-2-7-29-20-10-19-21(14-5-8-30-22(14)20)16-9-18(25)15(23(26)27)11-24(16)17(12-31-19)13-3-4-13/h9-11,13,17H,2-8,12H2,1H3,(H,26,27)/t17-/m0/s1. The van der Waals surface area contributed by atoms with Crippen LogP contribution in [0.15, 0.2) is 23.1 Å². The first-order valence-corrected chi connectivity index (χ1v) is 10.7. The number of rotatable bonds is 7. The number of carboxylic acid groups (broad SMARTS) is 1. The molecule has 0 bridgehead atoms. The molecule has 0 unspecified atom stereocenters. The third-order valence-electron chi connectivity index (χ3n) is 6.16. The van der Waals surface area contributed by atoms with Crippen molar-refractivity contribution in [2.24, 2.45) is 5.92 Å². The number of hydrogen-bond acceptors (Lipinski definition) is 6. The minimum absolute atomic E-state index is 0.0230. The minimum Gasteiger partial charge on any atom is -0.491 e. The van der Waals surface area contributed by atoms with Crippen molar-refractivity contribution >= 4 is 5.97 Å². The van der Waals surface area contributed by atoms with Gasteiger partial charge in [-0.2, -0.15) is 0 Å². The zero-order chi connectivity index (χ0) is 21.5. The molecular weight excluding hydrogens is 402 g/mol. The Labute approximate surface area is 179 Å². The highest BCUT2D eigenvalue weighted by molar-refractivity contribution is 5.88. The normalized spacial score (nSPS) is 18.8. The maximum absolute atomic E-state index is 12.6. The summed E-state index contributed by atoms with van der Waals surface area (Å²) in [5.41, 5.74) is 1.70. The molecule has 1 saturated carbocycles. The molecule has 2 aromatic rings. The molecule has 8 nitrogen and oxygen atoms in total. The van der Waals surface area contributed by atoms with E-state index in [2.05, 4.69) is 0 Å². The Balaban J connectivity index is 1.65. The molecule has 2 aliphatic heterocycles. The van der Waals surface area contributed by atoms with Crippen LogP contribution in [0.1, 0.15) is 41.2 Å². The van der Waals surface area contributed by atoms with Gasteiger partial charge in [-0.25, -0.2) is 4.79 Å². The van der Waals surface area contributed by atoms with Gasteiger partial charge in [0.25, 0.3) is 0 Å². The zero-order valence-corrected chi connectivity index (χ0v) is 17.4. The summed E-state index contributed by atoms with van der Waals surface area (Å²) < 4.78 is 25.1. The van der Waals surface area contributed by atoms with E-state index in [0.29, 0.717) is 61.7 Å². The van der Waals surface area contributed by atoms with Crippen molar-refractivity contribution in [3.63, 3.8) is 0 Å². The van der Waals surface area contributed by atoms with Crippen LogP contribution in [0.5, 0.6) is 17.2 Å². The summed E-state index contributed by atoms with van der Waals surface area (Å²) in [7, 11) is 1.66. The molecule has 0 saturated heterocycles. The highest BCUT2D eigenvalue weighted by Crippen LogP contribution is 2.51. The number of fused-ring (bicyclic) bond motifs is 5. The molecule has 1 N–H and O–H groups in total. The van der Waals surface area contributed by atoms with Crippen molar-refractivity contribution in [1.29, 1.82) is 0 Å². The number of pyridine rings is 1. The topological polar surface area (TPSA) is 96.2 Å². The molecule has 31 heavy (non-hydrogen) atoms. The fourth-order valence-electron chi connectivity index (χ4n) is 4.49. The summed E-state index contributed by atoms with van der Waals surface area (Å²) in [6, 6.07) is 3.25. The van der Waals surface area contributed by atoms with Gasteiger partial charge in [-0.3, -0.25) is 4.79 Å². The van der Waals surface area contributed by atoms with E-state index >= 15 is 0 Å². The lowest BCUT2D eigenvalue weighted by molar-refractivity contribution is 0.0694. The lowest BCUT2D eigenvalue weighted by atomic mass is 9.98. The second kappa shape index (κ2) is 7.92. The van der Waals surface area contributed by atoms with Crippen LogP contribution in [-0.2, 0) is 11.2 Å². The number of aromatic nitrogens is 1. The number of benzene rings is 1. The second-order valence-corrected chi connectivity index (χ2v) is 8.21. The van der Waals surface area contributed by atoms with Gasteiger partial charge in [0.15, 0.2) is 16.9 Å². The number of carbonyl (C=O) groups is 1. The van der Waals surface area contributed by atoms with Crippen LogP contribution in [-0.4, -0.2) is 49.2 Å². The van der Waals surface area contributed by atoms with Crippen LogP contribution in [0.4, 0.5) is 0 Å². The molecule has 3 aliphatic rings. The first-order valence-electron chi connectivity index (χ1n) is 10.7. The maximum atomic E-state index is 12.6. The van der Waals surface area contributed by atoms with Crippen LogP contribution in [0, 0.1) is 5.92 Å². The first-order chi connectivity index (χ1) is 15.1. The Bertz CT molecular complexity index is 1090. The Morgan fingerprint density at radius 3 is 2.84 bits per heavy atom. The van der Waals surface area contributed by atoms with Gasteiger partial charge in [0, 0.05) is 56.0 Å². The van der Waals surface area contributed by atoms with Crippen LogP contribution in [0.25, 0.3) is 11.3 Å². The number of carboxylic acids is 1. The van der Waals surface area contributed by atoms with Gasteiger partial charge in [-0.1, -0.05) is 0 Å². The molecule has 5 rings (SSSR count). The Kier molecular flexibility index (Phi) is 5.09. The number of hydrogen-bond donors (Lipinski definition) is 1. The lowest BCUT2D eigenvalue weighted by Gasteiger charge is -2.21. The van der Waals surface area contributed by atoms with E-state index in [9.17, 15) is 14.7 Å². The van der Waals surface area contributed by atoms with Gasteiger partial charge in [0.05, 0.1) is 24.9 Å². The molecule has 1 aromatic carbocycles. The van der Waals surface area contributed by atoms with Gasteiger partial charge in [0.1, 0.15) is 17.9 Å². The smallest absolute Gasteiger partial charge is 0.341 e. The van der Waals surface area contributed by atoms with Gasteiger partial charge in [-0.15, -0.1) is 0 Å². The fourth-order valence-corrected chi connectivity index (χ4v) is 4.49. The molecule has 0 radical (unpaired) electrons. The quantitative estimate of drug-likeness (QED) is 0.679. The van der Waals surface area contributed by atoms with Crippen molar-refractivity contribution in [1.82, 2.24) is 4.57 Å². The van der Waals surface area contributed by atoms with Gasteiger partial charge < -0.3 is 28.6 Å². The highest BCUT2D eigenvalue weighted by atomic mass is 16.5. The molecule has 0 amide bonds. The van der Waals surface area contributed by atoms with Gasteiger partial charge >= 0.3 is 5.97 Å². The molecule has 1 atom stereocenters. The van der Waals surface area contributed by atoms with E-state index in [4.69, 9.17) is 18.9 Å². The molecule has 1 aliphatic carbocycles. The van der Waals surface area contributed by atoms with Crippen LogP contribution in [0.2, 0.25) is 0 Å². The molecule has 8 heteroatoms. The Morgan fingerprint density at radius 2 is 2.10 bits per heavy atom. The first kappa shape index (κ1) is 19.9. The molecular formula is C23H25NO7. The van der Waals surface area contributed by atoms with E-state index < -0.39 is 11.4 Å². The predicted octanol–water partition coefficient (Wildman–Crippen LogP) is 2.91. The largest absolute Gasteiger partial charge is 0.491 e. The van der Waals surface area contributed by atoms with E-state index in [1.54, 1.807) is 7.11 Å². The van der Waals surface area contributed by atoms with Crippen LogP contribution < -0.4 is 19.6 Å². The summed E-state index contributed by atoms with van der Waals surface area (Å²) >= 11 is 0. The molecule has 3 heterocycles. The second-order valence-electron chi connectivity index (χ2n) is 8.21. The van der Waals surface area contributed by atoms with E-state index in [1.807, 2.05) is 10.6 Å². The average Bonchev–Trinajstić information content (AvgIpc) is 3.49. The van der Waals surface area contributed by atoms with E-state index in [1.165, 1.54) is 12.3 Å². The van der Waals surface area contributed by atoms with Crippen LogP contribution >= 0.6 is 0 Å². The molecule has 1 fully saturated rings. The Hall–Kier alpha value is -3.00. The zero-order valence-electron chi connectivity index (χ0n) is 17.4. The third kappa shape index (κ3) is 3.54. The molecule has 1 aromatic heterocycles. The van der Waals surface area contributed by atoms with Crippen LogP contribution in [0.3, 0.4) is 0 Å². The monoisotopic (exact) mass is 427 g/mol. The molecule has 164 valence electrons. The SMILES string of the molecule is COCCCOc1cc2c(c3c1OCC3)-c1cc(=O)c(C(=O)O)cn1[C@H](C1CC1)CO2. The van der Waals surface area contributed by atoms with E-state index in [-0.39, 0.29) is 11.6 Å². The number of aromatic carboxylic acids is 1. The van der Waals surface area contributed by atoms with Crippen molar-refractivity contribution in [2.75, 3.05) is 33.5 Å². The molecule has 0 spiro atoms. The van der Waals surface area contributed by atoms with E-state index in [0.717, 1.165) is 30.4 Å². The summed E-state index contributed by atoms with van der Waals surface area (Å²) in [5.74, 6) is 1.14. The predicted molar refractivity (Wildman–Crippen MR) is 112 cm³/mol.